The second kappa shape index (κ2) is 16.5. The van der Waals surface area contributed by atoms with Crippen LogP contribution in [0.3, 0.4) is 0 Å². The summed E-state index contributed by atoms with van der Waals surface area (Å²) >= 11 is 0. The van der Waals surface area contributed by atoms with E-state index in [0.29, 0.717) is 0 Å². The molecule has 6 heteroatoms. The Hall–Kier alpha value is -7.96. The van der Waals surface area contributed by atoms with E-state index in [1.54, 1.807) is 0 Å². The van der Waals surface area contributed by atoms with Gasteiger partial charge in [-0.15, -0.1) is 0 Å². The fourth-order valence-corrected chi connectivity index (χ4v) is 8.07. The van der Waals surface area contributed by atoms with E-state index in [1.165, 1.54) is 11.1 Å². The van der Waals surface area contributed by atoms with Gasteiger partial charge in [0.2, 0.25) is 0 Å². The van der Waals surface area contributed by atoms with Crippen LogP contribution >= 0.6 is 0 Å². The van der Waals surface area contributed by atoms with E-state index >= 15 is 0 Å². The molecule has 0 aliphatic heterocycles. The minimum Gasteiger partial charge on any atom is -0.264 e. The number of hydrogen-bond donors (Lipinski definition) is 0. The first-order valence-corrected chi connectivity index (χ1v) is 20.0. The third-order valence-electron chi connectivity index (χ3n) is 11.1. The maximum atomic E-state index is 4.52. The monoisotopic (exact) mass is 770 g/mol. The van der Waals surface area contributed by atoms with Gasteiger partial charge in [-0.05, 0) is 170 Å². The van der Waals surface area contributed by atoms with E-state index in [1.807, 2.05) is 111 Å². The highest BCUT2D eigenvalue weighted by molar-refractivity contribution is 5.92. The van der Waals surface area contributed by atoms with Gasteiger partial charge in [0.25, 0.3) is 0 Å². The molecule has 0 N–H and O–H groups in total. The van der Waals surface area contributed by atoms with Gasteiger partial charge in [0.1, 0.15) is 0 Å². The number of nitrogens with zero attached hydrogens (tertiary/aromatic N) is 6. The van der Waals surface area contributed by atoms with Crippen molar-refractivity contribution in [2.24, 2.45) is 0 Å². The minimum atomic E-state index is 0.123. The van der Waals surface area contributed by atoms with E-state index in [0.717, 1.165) is 89.9 Å². The van der Waals surface area contributed by atoms with Gasteiger partial charge in [0.05, 0.1) is 0 Å². The summed E-state index contributed by atoms with van der Waals surface area (Å²) in [6.07, 6.45) is 28.2. The van der Waals surface area contributed by atoms with E-state index in [4.69, 9.17) is 0 Å². The molecule has 1 aliphatic carbocycles. The van der Waals surface area contributed by atoms with Crippen LogP contribution < -0.4 is 0 Å². The van der Waals surface area contributed by atoms with Gasteiger partial charge in [-0.3, -0.25) is 29.9 Å². The molecule has 0 fully saturated rings. The summed E-state index contributed by atoms with van der Waals surface area (Å²) in [4.78, 5) is 26.9. The molecular weight excluding hydrogens is 733 g/mol. The predicted octanol–water partition coefficient (Wildman–Crippen LogP) is 12.7. The largest absolute Gasteiger partial charge is 0.264 e. The lowest BCUT2D eigenvalue weighted by Gasteiger charge is -2.23. The Morgan fingerprint density at radius 3 is 0.967 bits per heavy atom. The first-order chi connectivity index (χ1) is 29.7. The first kappa shape index (κ1) is 36.4. The molecule has 0 saturated carbocycles. The van der Waals surface area contributed by atoms with Crippen molar-refractivity contribution in [2.75, 3.05) is 0 Å². The SMILES string of the molecule is C1=C(c2cc(-c3cc(-c4cccnc4)cc(-c4cccnc4)c3)cc(-c3cc(-c4cccnc4)cc(-c4cccnc4)c3)c2)C=C(c2cccnc2)CC1c1cccnc1. The Morgan fingerprint density at radius 1 is 0.317 bits per heavy atom. The fourth-order valence-electron chi connectivity index (χ4n) is 8.07. The Kier molecular flexibility index (Phi) is 10.00. The smallest absolute Gasteiger partial charge is 0.0346 e. The summed E-state index contributed by atoms with van der Waals surface area (Å²) in [6, 6.07) is 45.3. The van der Waals surface area contributed by atoms with Crippen molar-refractivity contribution in [3.05, 3.63) is 231 Å². The van der Waals surface area contributed by atoms with Gasteiger partial charge < -0.3 is 0 Å². The molecule has 1 aliphatic rings. The number of rotatable bonds is 9. The average molecular weight is 771 g/mol. The highest BCUT2D eigenvalue weighted by Gasteiger charge is 2.21. The fraction of sp³-hybridized carbons (Fsp3) is 0.0370. The zero-order valence-electron chi connectivity index (χ0n) is 32.7. The number of pyridine rings is 6. The van der Waals surface area contributed by atoms with Crippen molar-refractivity contribution in [3.63, 3.8) is 0 Å². The van der Waals surface area contributed by atoms with E-state index in [2.05, 4.69) is 133 Å². The van der Waals surface area contributed by atoms with Crippen molar-refractivity contribution >= 4 is 11.1 Å². The Labute approximate surface area is 349 Å². The topological polar surface area (TPSA) is 77.3 Å². The van der Waals surface area contributed by atoms with Crippen molar-refractivity contribution in [2.45, 2.75) is 12.3 Å². The number of benzene rings is 3. The summed E-state index contributed by atoms with van der Waals surface area (Å²) in [5.74, 6) is 0.123. The second-order valence-electron chi connectivity index (χ2n) is 15.0. The molecule has 0 spiro atoms. The Bertz CT molecular complexity index is 2710. The molecule has 9 aromatic rings. The van der Waals surface area contributed by atoms with E-state index in [9.17, 15) is 0 Å². The zero-order chi connectivity index (χ0) is 40.1. The quantitative estimate of drug-likeness (QED) is 0.145. The van der Waals surface area contributed by atoms with Crippen LogP contribution in [0.25, 0.3) is 77.9 Å². The summed E-state index contributed by atoms with van der Waals surface area (Å²) in [7, 11) is 0. The molecule has 0 saturated heterocycles. The lowest BCUT2D eigenvalue weighted by molar-refractivity contribution is 0.862. The lowest BCUT2D eigenvalue weighted by Crippen LogP contribution is -2.04. The predicted molar refractivity (Wildman–Crippen MR) is 242 cm³/mol. The van der Waals surface area contributed by atoms with Crippen LogP contribution in [0.1, 0.15) is 29.0 Å². The molecule has 6 aromatic heterocycles. The van der Waals surface area contributed by atoms with Crippen LogP contribution in [0.2, 0.25) is 0 Å². The Balaban J connectivity index is 1.22. The third-order valence-corrected chi connectivity index (χ3v) is 11.1. The first-order valence-electron chi connectivity index (χ1n) is 20.0. The van der Waals surface area contributed by atoms with Gasteiger partial charge in [-0.2, -0.15) is 0 Å². The highest BCUT2D eigenvalue weighted by Crippen LogP contribution is 2.42. The number of allylic oxidation sites excluding steroid dienone is 4. The molecule has 60 heavy (non-hydrogen) atoms. The molecule has 0 amide bonds. The molecule has 284 valence electrons. The van der Waals surface area contributed by atoms with Crippen molar-refractivity contribution in [3.8, 4) is 66.8 Å². The van der Waals surface area contributed by atoms with Crippen molar-refractivity contribution in [1.82, 2.24) is 29.9 Å². The van der Waals surface area contributed by atoms with Crippen LogP contribution in [-0.4, -0.2) is 29.9 Å². The average Bonchev–Trinajstić information content (AvgIpc) is 3.35. The van der Waals surface area contributed by atoms with Gasteiger partial charge in [0.15, 0.2) is 0 Å². The summed E-state index contributed by atoms with van der Waals surface area (Å²) in [6.45, 7) is 0. The molecule has 1 atom stereocenters. The van der Waals surface area contributed by atoms with Crippen LogP contribution in [0.15, 0.2) is 214 Å². The van der Waals surface area contributed by atoms with Gasteiger partial charge in [0, 0.05) is 103 Å². The molecule has 0 bridgehead atoms. The molecule has 10 rings (SSSR count). The normalized spacial score (nSPS) is 13.6. The molecular formula is C54H38N6. The highest BCUT2D eigenvalue weighted by atomic mass is 14.6. The Morgan fingerprint density at radius 2 is 0.633 bits per heavy atom. The standard InChI is InChI=1S/C54H38N6/c1-7-37(31-55-13-1)43-19-44(38-8-2-14-56-32-38)23-49(22-43)52-28-53(50-24-45(39-9-3-15-57-33-39)20-46(25-50)40-10-4-16-58-34-40)30-54(29-52)51-26-47(41-11-5-17-59-35-41)21-48(27-51)42-12-6-18-60-36-42/h1-20,22-36,47H,21H2. The molecule has 6 heterocycles. The van der Waals surface area contributed by atoms with E-state index < -0.39 is 0 Å². The number of aromatic nitrogens is 6. The van der Waals surface area contributed by atoms with Gasteiger partial charge in [-0.25, -0.2) is 0 Å². The van der Waals surface area contributed by atoms with Gasteiger partial charge >= 0.3 is 0 Å². The van der Waals surface area contributed by atoms with Crippen LogP contribution in [0.5, 0.6) is 0 Å². The van der Waals surface area contributed by atoms with Crippen LogP contribution in [0, 0.1) is 0 Å². The molecule has 3 aromatic carbocycles. The summed E-state index contributed by atoms with van der Waals surface area (Å²) < 4.78 is 0. The molecule has 0 radical (unpaired) electrons. The minimum absolute atomic E-state index is 0.123. The molecule has 1 unspecified atom stereocenters. The summed E-state index contributed by atoms with van der Waals surface area (Å²) in [5, 5.41) is 0. The molecule has 6 nitrogen and oxygen atoms in total. The van der Waals surface area contributed by atoms with E-state index in [-0.39, 0.29) is 5.92 Å². The second-order valence-corrected chi connectivity index (χ2v) is 15.0. The maximum Gasteiger partial charge on any atom is 0.0346 e. The van der Waals surface area contributed by atoms with Gasteiger partial charge in [-0.1, -0.05) is 48.6 Å². The van der Waals surface area contributed by atoms with Crippen LogP contribution in [-0.2, 0) is 0 Å². The summed E-state index contributed by atoms with van der Waals surface area (Å²) in [5.41, 5.74) is 18.6. The number of hydrogen-bond acceptors (Lipinski definition) is 6. The lowest BCUT2D eigenvalue weighted by atomic mass is 9.81. The van der Waals surface area contributed by atoms with Crippen LogP contribution in [0.4, 0.5) is 0 Å². The van der Waals surface area contributed by atoms with Crippen molar-refractivity contribution in [1.29, 1.82) is 0 Å². The zero-order valence-corrected chi connectivity index (χ0v) is 32.7. The van der Waals surface area contributed by atoms with Crippen molar-refractivity contribution < 1.29 is 0 Å². The third kappa shape index (κ3) is 7.82. The maximum absolute atomic E-state index is 4.52.